The van der Waals surface area contributed by atoms with Crippen molar-refractivity contribution in [3.8, 4) is 0 Å². The Labute approximate surface area is 163 Å². The lowest BCUT2D eigenvalue weighted by atomic mass is 9.87. The van der Waals surface area contributed by atoms with Gasteiger partial charge in [-0.15, -0.1) is 0 Å². The maximum Gasteiger partial charge on any atom is 0.338 e. The zero-order valence-electron chi connectivity index (χ0n) is 16.6. The Kier molecular flexibility index (Phi) is 7.31. The van der Waals surface area contributed by atoms with Crippen molar-refractivity contribution < 1.29 is 14.3 Å². The summed E-state index contributed by atoms with van der Waals surface area (Å²) >= 11 is 0. The van der Waals surface area contributed by atoms with Crippen LogP contribution in [0.15, 0.2) is 24.3 Å². The summed E-state index contributed by atoms with van der Waals surface area (Å²) in [5, 5.41) is 0. The third-order valence-electron chi connectivity index (χ3n) is 5.99. The van der Waals surface area contributed by atoms with E-state index in [-0.39, 0.29) is 11.9 Å². The Morgan fingerprint density at radius 1 is 0.889 bits per heavy atom. The molecule has 4 nitrogen and oxygen atoms in total. The van der Waals surface area contributed by atoms with Gasteiger partial charge in [-0.2, -0.15) is 0 Å². The first-order valence-corrected chi connectivity index (χ1v) is 10.8. The SMILES string of the molecule is CCCOC(=O)c1ccccc1C(=O)N(C1CCCCC1)C1CCCCC1. The highest BCUT2D eigenvalue weighted by Gasteiger charge is 2.34. The molecule has 0 aliphatic heterocycles. The molecule has 2 fully saturated rings. The Morgan fingerprint density at radius 2 is 1.41 bits per heavy atom. The predicted molar refractivity (Wildman–Crippen MR) is 107 cm³/mol. The van der Waals surface area contributed by atoms with Gasteiger partial charge in [-0.05, 0) is 44.2 Å². The fraction of sp³-hybridized carbons (Fsp3) is 0.652. The van der Waals surface area contributed by atoms with E-state index in [9.17, 15) is 9.59 Å². The van der Waals surface area contributed by atoms with Crippen LogP contribution in [0, 0.1) is 0 Å². The van der Waals surface area contributed by atoms with Crippen molar-refractivity contribution in [1.29, 1.82) is 0 Å². The molecule has 0 heterocycles. The van der Waals surface area contributed by atoms with Gasteiger partial charge in [0, 0.05) is 12.1 Å². The molecule has 3 rings (SSSR count). The number of ether oxygens (including phenoxy) is 1. The summed E-state index contributed by atoms with van der Waals surface area (Å²) in [5.41, 5.74) is 0.919. The van der Waals surface area contributed by atoms with Crippen molar-refractivity contribution in [1.82, 2.24) is 4.90 Å². The second-order valence-corrected chi connectivity index (χ2v) is 7.98. The van der Waals surface area contributed by atoms with E-state index in [0.29, 0.717) is 29.8 Å². The average Bonchev–Trinajstić information content (AvgIpc) is 2.73. The van der Waals surface area contributed by atoms with Crippen molar-refractivity contribution in [3.63, 3.8) is 0 Å². The van der Waals surface area contributed by atoms with Crippen molar-refractivity contribution in [2.24, 2.45) is 0 Å². The molecule has 27 heavy (non-hydrogen) atoms. The van der Waals surface area contributed by atoms with Gasteiger partial charge in [0.25, 0.3) is 5.91 Å². The van der Waals surface area contributed by atoms with Gasteiger partial charge in [-0.1, -0.05) is 57.6 Å². The molecule has 0 spiro atoms. The Morgan fingerprint density at radius 3 is 1.93 bits per heavy atom. The second kappa shape index (κ2) is 9.91. The molecule has 0 N–H and O–H groups in total. The molecule has 0 saturated heterocycles. The summed E-state index contributed by atoms with van der Waals surface area (Å²) in [5.74, 6) is -0.356. The highest BCUT2D eigenvalue weighted by molar-refractivity contribution is 6.05. The second-order valence-electron chi connectivity index (χ2n) is 7.98. The smallest absolute Gasteiger partial charge is 0.338 e. The number of esters is 1. The molecule has 1 amide bonds. The maximum atomic E-state index is 13.7. The molecule has 0 radical (unpaired) electrons. The lowest BCUT2D eigenvalue weighted by Crippen LogP contribution is -2.49. The fourth-order valence-electron chi connectivity index (χ4n) is 4.61. The first-order valence-electron chi connectivity index (χ1n) is 10.8. The number of carbonyl (C=O) groups excluding carboxylic acids is 2. The minimum atomic E-state index is -0.381. The van der Waals surface area contributed by atoms with Gasteiger partial charge in [-0.25, -0.2) is 4.79 Å². The van der Waals surface area contributed by atoms with Crippen LogP contribution in [-0.4, -0.2) is 35.5 Å². The van der Waals surface area contributed by atoms with Gasteiger partial charge in [0.15, 0.2) is 0 Å². The van der Waals surface area contributed by atoms with Crippen LogP contribution in [0.2, 0.25) is 0 Å². The minimum Gasteiger partial charge on any atom is -0.462 e. The van der Waals surface area contributed by atoms with Crippen LogP contribution in [0.25, 0.3) is 0 Å². The van der Waals surface area contributed by atoms with E-state index in [0.717, 1.165) is 32.1 Å². The molecule has 2 saturated carbocycles. The molecule has 1 aromatic carbocycles. The van der Waals surface area contributed by atoms with Gasteiger partial charge >= 0.3 is 5.97 Å². The van der Waals surface area contributed by atoms with Crippen LogP contribution >= 0.6 is 0 Å². The van der Waals surface area contributed by atoms with Gasteiger partial charge < -0.3 is 9.64 Å². The molecule has 0 bridgehead atoms. The van der Waals surface area contributed by atoms with Crippen LogP contribution in [0.1, 0.15) is 98.3 Å². The monoisotopic (exact) mass is 371 g/mol. The van der Waals surface area contributed by atoms with E-state index >= 15 is 0 Å². The summed E-state index contributed by atoms with van der Waals surface area (Å²) < 4.78 is 5.33. The number of benzene rings is 1. The molecule has 4 heteroatoms. The van der Waals surface area contributed by atoms with E-state index in [1.807, 2.05) is 19.1 Å². The van der Waals surface area contributed by atoms with Gasteiger partial charge in [0.1, 0.15) is 0 Å². The summed E-state index contributed by atoms with van der Waals surface area (Å²) in [7, 11) is 0. The highest BCUT2D eigenvalue weighted by atomic mass is 16.5. The quantitative estimate of drug-likeness (QED) is 0.632. The number of hydrogen-bond acceptors (Lipinski definition) is 3. The zero-order chi connectivity index (χ0) is 19.1. The van der Waals surface area contributed by atoms with Gasteiger partial charge in [0.05, 0.1) is 17.7 Å². The van der Waals surface area contributed by atoms with Crippen molar-refractivity contribution in [2.75, 3.05) is 6.61 Å². The maximum absolute atomic E-state index is 13.7. The molecule has 2 aliphatic rings. The van der Waals surface area contributed by atoms with Gasteiger partial charge in [0.2, 0.25) is 0 Å². The van der Waals surface area contributed by atoms with Gasteiger partial charge in [-0.3, -0.25) is 4.79 Å². The summed E-state index contributed by atoms with van der Waals surface area (Å²) in [6.07, 6.45) is 12.4. The standard InChI is InChI=1S/C23H33NO3/c1-2-17-27-23(26)21-16-10-9-15-20(21)22(25)24(18-11-5-3-6-12-18)19-13-7-4-8-14-19/h9-10,15-16,18-19H,2-8,11-14,17H2,1H3. The summed E-state index contributed by atoms with van der Waals surface area (Å²) in [6, 6.07) is 7.81. The Bertz CT molecular complexity index is 612. The minimum absolute atomic E-state index is 0.0258. The van der Waals surface area contributed by atoms with Crippen molar-refractivity contribution in [2.45, 2.75) is 89.6 Å². The molecule has 2 aliphatic carbocycles. The zero-order valence-corrected chi connectivity index (χ0v) is 16.6. The van der Waals surface area contributed by atoms with E-state index < -0.39 is 0 Å². The summed E-state index contributed by atoms with van der Waals surface area (Å²) in [4.78, 5) is 28.3. The van der Waals surface area contributed by atoms with E-state index in [4.69, 9.17) is 4.74 Å². The van der Waals surface area contributed by atoms with Crippen LogP contribution in [0.5, 0.6) is 0 Å². The number of carbonyl (C=O) groups is 2. The molecule has 0 aromatic heterocycles. The molecule has 1 aromatic rings. The lowest BCUT2D eigenvalue weighted by molar-refractivity contribution is 0.0425. The first-order chi connectivity index (χ1) is 13.2. The molecule has 148 valence electrons. The van der Waals surface area contributed by atoms with Crippen LogP contribution in [0.3, 0.4) is 0 Å². The predicted octanol–water partition coefficient (Wildman–Crippen LogP) is 5.36. The number of amides is 1. The fourth-order valence-corrected chi connectivity index (χ4v) is 4.61. The van der Waals surface area contributed by atoms with E-state index in [2.05, 4.69) is 4.90 Å². The summed E-state index contributed by atoms with van der Waals surface area (Å²) in [6.45, 7) is 2.36. The molecular weight excluding hydrogens is 338 g/mol. The normalized spacial score (nSPS) is 18.9. The number of hydrogen-bond donors (Lipinski definition) is 0. The first kappa shape index (κ1) is 19.9. The average molecular weight is 372 g/mol. The lowest BCUT2D eigenvalue weighted by Gasteiger charge is -2.42. The highest BCUT2D eigenvalue weighted by Crippen LogP contribution is 2.32. The van der Waals surface area contributed by atoms with Crippen LogP contribution in [-0.2, 0) is 4.74 Å². The van der Waals surface area contributed by atoms with E-state index in [1.165, 1.54) is 38.5 Å². The Balaban J connectivity index is 1.88. The third-order valence-corrected chi connectivity index (χ3v) is 5.99. The van der Waals surface area contributed by atoms with Crippen molar-refractivity contribution in [3.05, 3.63) is 35.4 Å². The number of nitrogens with zero attached hydrogens (tertiary/aromatic N) is 1. The molecule has 0 atom stereocenters. The molecule has 0 unspecified atom stereocenters. The largest absolute Gasteiger partial charge is 0.462 e. The van der Waals surface area contributed by atoms with Crippen molar-refractivity contribution >= 4 is 11.9 Å². The topological polar surface area (TPSA) is 46.6 Å². The van der Waals surface area contributed by atoms with Crippen LogP contribution < -0.4 is 0 Å². The molecular formula is C23H33NO3. The third kappa shape index (κ3) is 4.91. The number of rotatable bonds is 6. The Hall–Kier alpha value is -1.84. The van der Waals surface area contributed by atoms with Crippen LogP contribution in [0.4, 0.5) is 0 Å². The van der Waals surface area contributed by atoms with E-state index in [1.54, 1.807) is 12.1 Å².